The summed E-state index contributed by atoms with van der Waals surface area (Å²) in [6, 6.07) is 11.6. The van der Waals surface area contributed by atoms with Crippen LogP contribution >= 0.6 is 0 Å². The van der Waals surface area contributed by atoms with Crippen LogP contribution in [-0.2, 0) is 13.0 Å². The van der Waals surface area contributed by atoms with Crippen LogP contribution in [-0.4, -0.2) is 52.5 Å². The lowest BCUT2D eigenvalue weighted by Gasteiger charge is -2.35. The average molecular weight is 413 g/mol. The van der Waals surface area contributed by atoms with Crippen LogP contribution in [0.25, 0.3) is 11.0 Å². The molecule has 0 saturated carbocycles. The molecule has 1 N–H and O–H groups in total. The highest BCUT2D eigenvalue weighted by atomic mass is 19.1. The van der Waals surface area contributed by atoms with Gasteiger partial charge in [-0.1, -0.05) is 19.1 Å². The van der Waals surface area contributed by atoms with Gasteiger partial charge in [0.2, 0.25) is 0 Å². The van der Waals surface area contributed by atoms with E-state index in [1.807, 2.05) is 6.07 Å². The Hall–Kier alpha value is -2.31. The third-order valence-corrected chi connectivity index (χ3v) is 6.04. The summed E-state index contributed by atoms with van der Waals surface area (Å²) in [7, 11) is 0. The monoisotopic (exact) mass is 412 g/mol. The number of nitrogens with zero attached hydrogens (tertiary/aromatic N) is 3. The van der Waals surface area contributed by atoms with Crippen molar-refractivity contribution in [2.45, 2.75) is 32.7 Å². The maximum Gasteiger partial charge on any atom is 0.125 e. The van der Waals surface area contributed by atoms with Crippen LogP contribution in [0.1, 0.15) is 31.2 Å². The van der Waals surface area contributed by atoms with Crippen molar-refractivity contribution in [1.29, 1.82) is 0 Å². The molecule has 0 amide bonds. The zero-order valence-corrected chi connectivity index (χ0v) is 17.6. The number of nitrogens with one attached hydrogen (secondary N) is 1. The number of H-pyrrole nitrogens is 1. The molecule has 1 fully saturated rings. The fourth-order valence-corrected chi connectivity index (χ4v) is 4.48. The smallest absolute Gasteiger partial charge is 0.125 e. The lowest BCUT2D eigenvalue weighted by atomic mass is 9.97. The van der Waals surface area contributed by atoms with E-state index in [1.54, 1.807) is 18.2 Å². The fraction of sp³-hybridized carbons (Fsp3) is 0.458. The molecule has 1 saturated heterocycles. The summed E-state index contributed by atoms with van der Waals surface area (Å²) in [4.78, 5) is 12.8. The number of aromatic nitrogens is 2. The minimum Gasteiger partial charge on any atom is -0.341 e. The summed E-state index contributed by atoms with van der Waals surface area (Å²) in [5.41, 5.74) is 2.62. The number of rotatable bonds is 8. The van der Waals surface area contributed by atoms with Gasteiger partial charge in [-0.2, -0.15) is 0 Å². The standard InChI is InChI=1S/C24H30F2N4/c1-2-29(17-24-27-22-9-8-21(26)14-23(22)28-24)15-19-6-4-11-30(16-19)12-10-18-5-3-7-20(25)13-18/h3,5,7-9,13-14,19H,2,4,6,10-12,15-17H2,1H3,(H,27,28)/t19-/m0/s1. The number of benzene rings is 2. The van der Waals surface area contributed by atoms with Crippen LogP contribution in [0.4, 0.5) is 8.78 Å². The largest absolute Gasteiger partial charge is 0.341 e. The normalized spacial score (nSPS) is 17.8. The summed E-state index contributed by atoms with van der Waals surface area (Å²) in [5.74, 6) is 1.10. The van der Waals surface area contributed by atoms with Gasteiger partial charge in [-0.25, -0.2) is 13.8 Å². The van der Waals surface area contributed by atoms with Crippen LogP contribution < -0.4 is 0 Å². The van der Waals surface area contributed by atoms with Gasteiger partial charge >= 0.3 is 0 Å². The molecule has 4 nitrogen and oxygen atoms in total. The minimum absolute atomic E-state index is 0.157. The molecule has 0 unspecified atom stereocenters. The molecule has 2 aromatic carbocycles. The fourth-order valence-electron chi connectivity index (χ4n) is 4.48. The molecule has 1 aliphatic rings. The van der Waals surface area contributed by atoms with E-state index in [0.29, 0.717) is 5.92 Å². The van der Waals surface area contributed by atoms with Crippen molar-refractivity contribution in [3.05, 3.63) is 65.5 Å². The third-order valence-electron chi connectivity index (χ3n) is 6.04. The predicted octanol–water partition coefficient (Wildman–Crippen LogP) is 4.62. The maximum absolute atomic E-state index is 13.4. The molecular weight excluding hydrogens is 382 g/mol. The first kappa shape index (κ1) is 20.9. The van der Waals surface area contributed by atoms with Crippen molar-refractivity contribution in [2.24, 2.45) is 5.92 Å². The van der Waals surface area contributed by atoms with Crippen LogP contribution in [0, 0.1) is 17.6 Å². The Balaban J connectivity index is 1.31. The van der Waals surface area contributed by atoms with Crippen molar-refractivity contribution in [3.8, 4) is 0 Å². The highest BCUT2D eigenvalue weighted by Gasteiger charge is 2.22. The van der Waals surface area contributed by atoms with Gasteiger partial charge in [-0.3, -0.25) is 4.90 Å². The van der Waals surface area contributed by atoms with Crippen molar-refractivity contribution >= 4 is 11.0 Å². The van der Waals surface area contributed by atoms with Crippen molar-refractivity contribution in [3.63, 3.8) is 0 Å². The second-order valence-corrected chi connectivity index (χ2v) is 8.36. The molecule has 0 radical (unpaired) electrons. The molecule has 4 rings (SSSR count). The Labute approximate surface area is 176 Å². The summed E-state index contributed by atoms with van der Waals surface area (Å²) >= 11 is 0. The molecule has 1 aromatic heterocycles. The van der Waals surface area contributed by atoms with Crippen molar-refractivity contribution < 1.29 is 8.78 Å². The highest BCUT2D eigenvalue weighted by Crippen LogP contribution is 2.20. The number of hydrogen-bond donors (Lipinski definition) is 1. The van der Waals surface area contributed by atoms with E-state index in [4.69, 9.17) is 0 Å². The lowest BCUT2D eigenvalue weighted by molar-refractivity contribution is 0.132. The maximum atomic E-state index is 13.4. The molecule has 1 aliphatic heterocycles. The molecule has 2 heterocycles. The van der Waals surface area contributed by atoms with Gasteiger partial charge < -0.3 is 9.88 Å². The molecule has 3 aromatic rings. The summed E-state index contributed by atoms with van der Waals surface area (Å²) in [6.07, 6.45) is 3.32. The first-order valence-corrected chi connectivity index (χ1v) is 10.9. The van der Waals surface area contributed by atoms with Crippen molar-refractivity contribution in [1.82, 2.24) is 19.8 Å². The Morgan fingerprint density at radius 1 is 1.17 bits per heavy atom. The summed E-state index contributed by atoms with van der Waals surface area (Å²) in [5, 5.41) is 0. The number of likely N-dealkylation sites (tertiary alicyclic amines) is 1. The van der Waals surface area contributed by atoms with E-state index in [1.165, 1.54) is 31.0 Å². The van der Waals surface area contributed by atoms with Gasteiger partial charge in [0.25, 0.3) is 0 Å². The lowest BCUT2D eigenvalue weighted by Crippen LogP contribution is -2.41. The number of hydrogen-bond acceptors (Lipinski definition) is 3. The van der Waals surface area contributed by atoms with Gasteiger partial charge in [0.1, 0.15) is 17.5 Å². The van der Waals surface area contributed by atoms with Gasteiger partial charge in [0.05, 0.1) is 17.6 Å². The second-order valence-electron chi connectivity index (χ2n) is 8.36. The molecule has 160 valence electrons. The van der Waals surface area contributed by atoms with Crippen molar-refractivity contribution in [2.75, 3.05) is 32.7 Å². The Kier molecular flexibility index (Phi) is 6.75. The first-order valence-electron chi connectivity index (χ1n) is 10.9. The van der Waals surface area contributed by atoms with Gasteiger partial charge in [-0.15, -0.1) is 0 Å². The van der Waals surface area contributed by atoms with Crippen LogP contribution in [0.2, 0.25) is 0 Å². The molecule has 0 bridgehead atoms. The highest BCUT2D eigenvalue weighted by molar-refractivity contribution is 5.74. The topological polar surface area (TPSA) is 35.2 Å². The quantitative estimate of drug-likeness (QED) is 0.586. The van der Waals surface area contributed by atoms with E-state index in [9.17, 15) is 8.78 Å². The first-order chi connectivity index (χ1) is 14.6. The van der Waals surface area contributed by atoms with Gasteiger partial charge in [0, 0.05) is 19.6 Å². The van der Waals surface area contributed by atoms with E-state index >= 15 is 0 Å². The number of fused-ring (bicyclic) bond motifs is 1. The SMILES string of the molecule is CCN(Cc1nc2ccc(F)cc2[nH]1)C[C@@H]1CCCN(CCc2cccc(F)c2)C1. The predicted molar refractivity (Wildman–Crippen MR) is 116 cm³/mol. The van der Waals surface area contributed by atoms with E-state index in [-0.39, 0.29) is 11.6 Å². The van der Waals surface area contributed by atoms with E-state index < -0.39 is 0 Å². The number of halogens is 2. The molecule has 1 atom stereocenters. The zero-order chi connectivity index (χ0) is 20.9. The minimum atomic E-state index is -0.245. The third kappa shape index (κ3) is 5.43. The number of aromatic amines is 1. The molecular formula is C24H30F2N4. The average Bonchev–Trinajstić information content (AvgIpc) is 3.13. The Morgan fingerprint density at radius 2 is 2.03 bits per heavy atom. The van der Waals surface area contributed by atoms with Crippen LogP contribution in [0.5, 0.6) is 0 Å². The van der Waals surface area contributed by atoms with Gasteiger partial charge in [0.15, 0.2) is 0 Å². The summed E-state index contributed by atoms with van der Waals surface area (Å²) in [6.45, 7) is 8.06. The second kappa shape index (κ2) is 9.67. The summed E-state index contributed by atoms with van der Waals surface area (Å²) < 4.78 is 26.8. The Morgan fingerprint density at radius 3 is 2.87 bits per heavy atom. The van der Waals surface area contributed by atoms with Crippen LogP contribution in [0.15, 0.2) is 42.5 Å². The molecule has 30 heavy (non-hydrogen) atoms. The van der Waals surface area contributed by atoms with E-state index in [2.05, 4.69) is 26.7 Å². The molecule has 0 spiro atoms. The van der Waals surface area contributed by atoms with E-state index in [0.717, 1.165) is 68.1 Å². The number of piperidine rings is 1. The van der Waals surface area contributed by atoms with Crippen LogP contribution in [0.3, 0.4) is 0 Å². The molecule has 6 heteroatoms. The molecule has 0 aliphatic carbocycles. The Bertz CT molecular complexity index is 971. The number of imidazole rings is 1. The zero-order valence-electron chi connectivity index (χ0n) is 17.6. The van der Waals surface area contributed by atoms with Gasteiger partial charge in [-0.05, 0) is 74.2 Å².